The standard InChI is InChI=1S/C29H41N3O5S/c1-21-12-13-22(2)27(19-21)32(38(5,35)36)18-8-11-28(33)31(20-24-14-16-26(37-4)17-15-24)23(3)29(34)30-25-9-6-7-10-25/h12-17,19,23,25H,6-11,18,20H2,1-5H3,(H,30,34)/t23-/m1/s1. The Labute approximate surface area is 227 Å². The van der Waals surface area contributed by atoms with Crippen LogP contribution in [0.25, 0.3) is 0 Å². The van der Waals surface area contributed by atoms with Crippen molar-refractivity contribution >= 4 is 27.5 Å². The summed E-state index contributed by atoms with van der Waals surface area (Å²) in [5.74, 6) is 0.363. The van der Waals surface area contributed by atoms with Crippen LogP contribution in [0, 0.1) is 13.8 Å². The van der Waals surface area contributed by atoms with Crippen molar-refractivity contribution in [1.82, 2.24) is 10.2 Å². The fourth-order valence-electron chi connectivity index (χ4n) is 4.87. The van der Waals surface area contributed by atoms with Crippen molar-refractivity contribution in [3.63, 3.8) is 0 Å². The minimum Gasteiger partial charge on any atom is -0.497 e. The summed E-state index contributed by atoms with van der Waals surface area (Å²) in [6.45, 7) is 5.99. The Kier molecular flexibility index (Phi) is 10.2. The van der Waals surface area contributed by atoms with E-state index < -0.39 is 16.1 Å². The molecule has 1 N–H and O–H groups in total. The van der Waals surface area contributed by atoms with Crippen molar-refractivity contribution < 1.29 is 22.7 Å². The zero-order chi connectivity index (χ0) is 27.9. The number of amides is 2. The number of benzene rings is 2. The summed E-state index contributed by atoms with van der Waals surface area (Å²) in [6.07, 6.45) is 5.76. The fourth-order valence-corrected chi connectivity index (χ4v) is 5.89. The summed E-state index contributed by atoms with van der Waals surface area (Å²) >= 11 is 0. The van der Waals surface area contributed by atoms with E-state index >= 15 is 0 Å². The summed E-state index contributed by atoms with van der Waals surface area (Å²) in [5, 5.41) is 3.10. The van der Waals surface area contributed by atoms with Gasteiger partial charge in [0, 0.05) is 25.6 Å². The molecule has 0 aliphatic heterocycles. The smallest absolute Gasteiger partial charge is 0.242 e. The van der Waals surface area contributed by atoms with Crippen molar-refractivity contribution in [1.29, 1.82) is 0 Å². The molecule has 0 bridgehead atoms. The number of carbonyl (C=O) groups is 2. The number of carbonyl (C=O) groups excluding carboxylic acids is 2. The summed E-state index contributed by atoms with van der Waals surface area (Å²) in [4.78, 5) is 28.2. The Balaban J connectivity index is 1.74. The lowest BCUT2D eigenvalue weighted by Crippen LogP contribution is -2.49. The van der Waals surface area contributed by atoms with Crippen LogP contribution in [-0.2, 0) is 26.2 Å². The van der Waals surface area contributed by atoms with Gasteiger partial charge in [-0.25, -0.2) is 8.42 Å². The van der Waals surface area contributed by atoms with Gasteiger partial charge < -0.3 is 15.0 Å². The van der Waals surface area contributed by atoms with E-state index in [1.807, 2.05) is 56.3 Å². The highest BCUT2D eigenvalue weighted by Crippen LogP contribution is 2.25. The number of sulfonamides is 1. The van der Waals surface area contributed by atoms with Crippen molar-refractivity contribution in [2.24, 2.45) is 0 Å². The lowest BCUT2D eigenvalue weighted by Gasteiger charge is -2.30. The zero-order valence-electron chi connectivity index (χ0n) is 23.2. The van der Waals surface area contributed by atoms with Gasteiger partial charge in [-0.15, -0.1) is 0 Å². The quantitative estimate of drug-likeness (QED) is 0.430. The van der Waals surface area contributed by atoms with Crippen LogP contribution in [-0.4, -0.2) is 57.1 Å². The molecule has 2 aromatic carbocycles. The van der Waals surface area contributed by atoms with Gasteiger partial charge in [0.25, 0.3) is 0 Å². The molecule has 3 rings (SSSR count). The van der Waals surface area contributed by atoms with Crippen molar-refractivity contribution in [3.05, 3.63) is 59.2 Å². The zero-order valence-corrected chi connectivity index (χ0v) is 24.0. The maximum atomic E-state index is 13.5. The number of nitrogens with zero attached hydrogens (tertiary/aromatic N) is 2. The summed E-state index contributed by atoms with van der Waals surface area (Å²) in [5.41, 5.74) is 3.32. The molecule has 1 aliphatic rings. The fraction of sp³-hybridized carbons (Fsp3) is 0.517. The molecule has 1 saturated carbocycles. The molecule has 0 aromatic heterocycles. The van der Waals surface area contributed by atoms with Gasteiger partial charge in [0.2, 0.25) is 21.8 Å². The highest BCUT2D eigenvalue weighted by Gasteiger charge is 2.29. The molecule has 38 heavy (non-hydrogen) atoms. The third-order valence-electron chi connectivity index (χ3n) is 7.17. The van der Waals surface area contributed by atoms with Gasteiger partial charge >= 0.3 is 0 Å². The summed E-state index contributed by atoms with van der Waals surface area (Å²) in [7, 11) is -1.95. The predicted molar refractivity (Wildman–Crippen MR) is 151 cm³/mol. The van der Waals surface area contributed by atoms with Crippen molar-refractivity contribution in [2.45, 2.75) is 77.9 Å². The van der Waals surface area contributed by atoms with Crippen molar-refractivity contribution in [2.75, 3.05) is 24.2 Å². The second-order valence-electron chi connectivity index (χ2n) is 10.3. The normalized spacial score (nSPS) is 14.7. The summed E-state index contributed by atoms with van der Waals surface area (Å²) in [6, 6.07) is 12.6. The molecule has 0 spiro atoms. The molecule has 0 heterocycles. The van der Waals surface area contributed by atoms with E-state index in [1.165, 1.54) is 10.6 Å². The van der Waals surface area contributed by atoms with Crippen LogP contribution in [0.2, 0.25) is 0 Å². The van der Waals surface area contributed by atoms with E-state index in [9.17, 15) is 18.0 Å². The maximum absolute atomic E-state index is 13.5. The highest BCUT2D eigenvalue weighted by molar-refractivity contribution is 7.92. The van der Waals surface area contributed by atoms with E-state index in [2.05, 4.69) is 5.32 Å². The molecular weight excluding hydrogens is 502 g/mol. The number of methoxy groups -OCH3 is 1. The number of hydrogen-bond acceptors (Lipinski definition) is 5. The van der Waals surface area contributed by atoms with Crippen LogP contribution in [0.15, 0.2) is 42.5 Å². The van der Waals surface area contributed by atoms with Crippen LogP contribution in [0.5, 0.6) is 5.75 Å². The second kappa shape index (κ2) is 13.1. The Bertz CT molecular complexity index is 1210. The van der Waals surface area contributed by atoms with E-state index in [0.29, 0.717) is 17.9 Å². The van der Waals surface area contributed by atoms with Crippen molar-refractivity contribution in [3.8, 4) is 5.75 Å². The average molecular weight is 544 g/mol. The van der Waals surface area contributed by atoms with Crippen LogP contribution < -0.4 is 14.4 Å². The Morgan fingerprint density at radius 2 is 1.74 bits per heavy atom. The molecule has 208 valence electrons. The molecule has 1 aliphatic carbocycles. The number of nitrogens with one attached hydrogen (secondary N) is 1. The minimum atomic E-state index is -3.54. The van der Waals surface area contributed by atoms with Crippen LogP contribution >= 0.6 is 0 Å². The maximum Gasteiger partial charge on any atom is 0.242 e. The third kappa shape index (κ3) is 7.96. The first-order valence-corrected chi connectivity index (χ1v) is 15.1. The third-order valence-corrected chi connectivity index (χ3v) is 8.35. The van der Waals surface area contributed by atoms with Gasteiger partial charge in [0.15, 0.2) is 0 Å². The Morgan fingerprint density at radius 3 is 2.34 bits per heavy atom. The molecule has 8 nitrogen and oxygen atoms in total. The summed E-state index contributed by atoms with van der Waals surface area (Å²) < 4.78 is 31.9. The number of anilines is 1. The van der Waals surface area contributed by atoms with Gasteiger partial charge in [0.05, 0.1) is 19.1 Å². The van der Waals surface area contributed by atoms with Gasteiger partial charge in [-0.2, -0.15) is 0 Å². The molecular formula is C29H41N3O5S. The molecule has 0 unspecified atom stereocenters. The molecule has 2 aromatic rings. The number of hydrogen-bond donors (Lipinski definition) is 1. The second-order valence-corrected chi connectivity index (χ2v) is 12.2. The number of aryl methyl sites for hydroxylation is 2. The van der Waals surface area contributed by atoms with Crippen LogP contribution in [0.4, 0.5) is 5.69 Å². The number of rotatable bonds is 12. The first-order valence-electron chi connectivity index (χ1n) is 13.3. The molecule has 2 amide bonds. The van der Waals surface area contributed by atoms with E-state index in [1.54, 1.807) is 18.9 Å². The van der Waals surface area contributed by atoms with E-state index in [4.69, 9.17) is 4.74 Å². The van der Waals surface area contributed by atoms with E-state index in [-0.39, 0.29) is 37.4 Å². The molecule has 0 saturated heterocycles. The lowest BCUT2D eigenvalue weighted by atomic mass is 10.1. The molecule has 1 fully saturated rings. The SMILES string of the molecule is COc1ccc(CN(C(=O)CCCN(c2cc(C)ccc2C)S(C)(=O)=O)[C@H](C)C(=O)NC2CCCC2)cc1. The monoisotopic (exact) mass is 543 g/mol. The number of ether oxygens (including phenoxy) is 1. The largest absolute Gasteiger partial charge is 0.497 e. The highest BCUT2D eigenvalue weighted by atomic mass is 32.2. The average Bonchev–Trinajstić information content (AvgIpc) is 3.39. The topological polar surface area (TPSA) is 96.0 Å². The molecule has 1 atom stereocenters. The predicted octanol–water partition coefficient (Wildman–Crippen LogP) is 4.33. The Morgan fingerprint density at radius 1 is 1.08 bits per heavy atom. The minimum absolute atomic E-state index is 0.119. The van der Waals surface area contributed by atoms with Gasteiger partial charge in [-0.05, 0) is 74.9 Å². The first kappa shape index (κ1) is 29.5. The van der Waals surface area contributed by atoms with Gasteiger partial charge in [-0.1, -0.05) is 37.1 Å². The van der Waals surface area contributed by atoms with Crippen LogP contribution in [0.3, 0.4) is 0 Å². The first-order chi connectivity index (χ1) is 18.0. The van der Waals surface area contributed by atoms with Crippen LogP contribution in [0.1, 0.15) is 62.1 Å². The molecule has 0 radical (unpaired) electrons. The lowest BCUT2D eigenvalue weighted by molar-refractivity contribution is -0.141. The van der Waals surface area contributed by atoms with Gasteiger partial charge in [0.1, 0.15) is 11.8 Å². The van der Waals surface area contributed by atoms with E-state index in [0.717, 1.165) is 42.4 Å². The Hall–Kier alpha value is -3.07. The molecule has 9 heteroatoms. The van der Waals surface area contributed by atoms with Gasteiger partial charge in [-0.3, -0.25) is 13.9 Å².